The minimum absolute atomic E-state index is 0.0311. The Morgan fingerprint density at radius 2 is 2.37 bits per heavy atom. The van der Waals surface area contributed by atoms with E-state index in [0.29, 0.717) is 23.1 Å². The summed E-state index contributed by atoms with van der Waals surface area (Å²) < 4.78 is 10.5. The molecule has 2 rings (SSSR count). The van der Waals surface area contributed by atoms with Crippen molar-refractivity contribution in [2.24, 2.45) is 0 Å². The number of carbonyl (C=O) groups is 1. The molecule has 1 heterocycles. The number of carbonyl (C=O) groups excluding carboxylic acids is 1. The summed E-state index contributed by atoms with van der Waals surface area (Å²) in [6.07, 6.45) is 0.916. The molecule has 0 fully saturated rings. The molecular weight excluding hydrogens is 268 g/mol. The Bertz CT molecular complexity index is 479. The standard InChI is InChI=1S/C13H17ClN2O3/c1-3-8(6-18-2)15-10-5-12-11(4-9(10)14)16-13(17)7-19-12/h4-5,8,15H,3,6-7H2,1-2H3,(H,16,17). The van der Waals surface area contributed by atoms with Crippen LogP contribution in [0.5, 0.6) is 5.75 Å². The topological polar surface area (TPSA) is 59.6 Å². The third-order valence-electron chi connectivity index (χ3n) is 2.92. The van der Waals surface area contributed by atoms with E-state index in [4.69, 9.17) is 21.1 Å². The van der Waals surface area contributed by atoms with Crippen LogP contribution in [0.25, 0.3) is 0 Å². The van der Waals surface area contributed by atoms with Crippen LogP contribution in [0, 0.1) is 0 Å². The molecule has 1 aromatic carbocycles. The molecule has 5 nitrogen and oxygen atoms in total. The number of hydrogen-bond donors (Lipinski definition) is 2. The van der Waals surface area contributed by atoms with Crippen molar-refractivity contribution in [3.05, 3.63) is 17.2 Å². The molecule has 2 N–H and O–H groups in total. The van der Waals surface area contributed by atoms with E-state index in [9.17, 15) is 4.79 Å². The number of hydrogen-bond acceptors (Lipinski definition) is 4. The monoisotopic (exact) mass is 284 g/mol. The first-order valence-electron chi connectivity index (χ1n) is 6.15. The fourth-order valence-corrected chi connectivity index (χ4v) is 2.11. The van der Waals surface area contributed by atoms with Crippen molar-refractivity contribution in [3.8, 4) is 5.75 Å². The van der Waals surface area contributed by atoms with Crippen LogP contribution in [-0.2, 0) is 9.53 Å². The fraction of sp³-hybridized carbons (Fsp3) is 0.462. The smallest absolute Gasteiger partial charge is 0.262 e. The van der Waals surface area contributed by atoms with Crippen molar-refractivity contribution in [1.29, 1.82) is 0 Å². The van der Waals surface area contributed by atoms with E-state index in [-0.39, 0.29) is 18.6 Å². The van der Waals surface area contributed by atoms with Crippen molar-refractivity contribution >= 4 is 28.9 Å². The van der Waals surface area contributed by atoms with Crippen LogP contribution in [0.4, 0.5) is 11.4 Å². The van der Waals surface area contributed by atoms with Gasteiger partial charge >= 0.3 is 0 Å². The molecule has 1 aliphatic rings. The van der Waals surface area contributed by atoms with E-state index in [1.165, 1.54) is 0 Å². The molecule has 0 aromatic heterocycles. The van der Waals surface area contributed by atoms with Gasteiger partial charge in [-0.2, -0.15) is 0 Å². The van der Waals surface area contributed by atoms with E-state index >= 15 is 0 Å². The van der Waals surface area contributed by atoms with Gasteiger partial charge in [-0.15, -0.1) is 0 Å². The molecule has 6 heteroatoms. The van der Waals surface area contributed by atoms with Gasteiger partial charge in [0.2, 0.25) is 0 Å². The van der Waals surface area contributed by atoms with Gasteiger partial charge in [0.1, 0.15) is 5.75 Å². The summed E-state index contributed by atoms with van der Waals surface area (Å²) in [6, 6.07) is 3.67. The number of methoxy groups -OCH3 is 1. The van der Waals surface area contributed by atoms with Crippen molar-refractivity contribution in [1.82, 2.24) is 0 Å². The van der Waals surface area contributed by atoms with Gasteiger partial charge in [0.15, 0.2) is 6.61 Å². The third-order valence-corrected chi connectivity index (χ3v) is 3.24. The largest absolute Gasteiger partial charge is 0.482 e. The van der Waals surface area contributed by atoms with Gasteiger partial charge in [0.25, 0.3) is 5.91 Å². The van der Waals surface area contributed by atoms with Gasteiger partial charge in [-0.25, -0.2) is 0 Å². The van der Waals surface area contributed by atoms with Crippen molar-refractivity contribution in [2.75, 3.05) is 31.0 Å². The number of benzene rings is 1. The van der Waals surface area contributed by atoms with Gasteiger partial charge in [-0.3, -0.25) is 4.79 Å². The molecule has 0 spiro atoms. The first kappa shape index (κ1) is 14.0. The maximum Gasteiger partial charge on any atom is 0.262 e. The van der Waals surface area contributed by atoms with Gasteiger partial charge in [0, 0.05) is 19.2 Å². The number of ether oxygens (including phenoxy) is 2. The number of fused-ring (bicyclic) bond motifs is 1. The van der Waals surface area contributed by atoms with E-state index in [0.717, 1.165) is 12.1 Å². The second-order valence-electron chi connectivity index (χ2n) is 4.37. The van der Waals surface area contributed by atoms with Crippen molar-refractivity contribution in [3.63, 3.8) is 0 Å². The second kappa shape index (κ2) is 6.12. The average molecular weight is 285 g/mol. The SMILES string of the molecule is CCC(COC)Nc1cc2c(cc1Cl)NC(=O)CO2. The highest BCUT2D eigenvalue weighted by molar-refractivity contribution is 6.33. The quantitative estimate of drug-likeness (QED) is 0.872. The highest BCUT2D eigenvalue weighted by Crippen LogP contribution is 2.36. The summed E-state index contributed by atoms with van der Waals surface area (Å²) in [7, 11) is 1.66. The zero-order valence-electron chi connectivity index (χ0n) is 11.0. The Labute approximate surface area is 117 Å². The van der Waals surface area contributed by atoms with Gasteiger partial charge in [0.05, 0.1) is 23.0 Å². The van der Waals surface area contributed by atoms with Crippen molar-refractivity contribution in [2.45, 2.75) is 19.4 Å². The number of anilines is 2. The highest BCUT2D eigenvalue weighted by atomic mass is 35.5. The van der Waals surface area contributed by atoms with Crippen LogP contribution in [0.1, 0.15) is 13.3 Å². The third kappa shape index (κ3) is 3.30. The number of amides is 1. The molecule has 1 atom stereocenters. The van der Waals surface area contributed by atoms with Crippen LogP contribution in [-0.4, -0.2) is 32.3 Å². The Morgan fingerprint density at radius 3 is 3.05 bits per heavy atom. The van der Waals surface area contributed by atoms with Crippen LogP contribution < -0.4 is 15.4 Å². The molecule has 0 bridgehead atoms. The lowest BCUT2D eigenvalue weighted by Gasteiger charge is -2.22. The molecule has 19 heavy (non-hydrogen) atoms. The highest BCUT2D eigenvalue weighted by Gasteiger charge is 2.19. The molecule has 0 saturated heterocycles. The fourth-order valence-electron chi connectivity index (χ4n) is 1.89. The summed E-state index contributed by atoms with van der Waals surface area (Å²) in [5, 5.41) is 6.57. The molecule has 1 aromatic rings. The lowest BCUT2D eigenvalue weighted by Crippen LogP contribution is -2.26. The van der Waals surface area contributed by atoms with Gasteiger partial charge in [-0.05, 0) is 12.5 Å². The number of nitrogens with one attached hydrogen (secondary N) is 2. The zero-order chi connectivity index (χ0) is 13.8. The van der Waals surface area contributed by atoms with E-state index in [2.05, 4.69) is 17.6 Å². The normalized spacial score (nSPS) is 15.2. The maximum atomic E-state index is 11.2. The maximum absolute atomic E-state index is 11.2. The Morgan fingerprint density at radius 1 is 1.58 bits per heavy atom. The summed E-state index contributed by atoms with van der Waals surface area (Å²) in [5.41, 5.74) is 1.38. The summed E-state index contributed by atoms with van der Waals surface area (Å²) in [6.45, 7) is 2.70. The van der Waals surface area contributed by atoms with Crippen molar-refractivity contribution < 1.29 is 14.3 Å². The minimum Gasteiger partial charge on any atom is -0.482 e. The summed E-state index contributed by atoms with van der Waals surface area (Å²) in [5.74, 6) is 0.453. The Kier molecular flexibility index (Phi) is 4.50. The van der Waals surface area contributed by atoms with Crippen LogP contribution >= 0.6 is 11.6 Å². The lowest BCUT2D eigenvalue weighted by atomic mass is 10.2. The predicted octanol–water partition coefficient (Wildman–Crippen LogP) is 2.51. The molecule has 0 radical (unpaired) electrons. The van der Waals surface area contributed by atoms with E-state index < -0.39 is 0 Å². The minimum atomic E-state index is -0.171. The van der Waals surface area contributed by atoms with Gasteiger partial charge in [-0.1, -0.05) is 18.5 Å². The first-order valence-corrected chi connectivity index (χ1v) is 6.53. The average Bonchev–Trinajstić information content (AvgIpc) is 2.39. The zero-order valence-corrected chi connectivity index (χ0v) is 11.7. The summed E-state index contributed by atoms with van der Waals surface area (Å²) in [4.78, 5) is 11.2. The predicted molar refractivity (Wildman–Crippen MR) is 75.2 cm³/mol. The lowest BCUT2D eigenvalue weighted by molar-refractivity contribution is -0.118. The van der Waals surface area contributed by atoms with E-state index in [1.807, 2.05) is 0 Å². The molecule has 1 amide bonds. The molecule has 0 saturated carbocycles. The first-order chi connectivity index (χ1) is 9.13. The Balaban J connectivity index is 2.20. The van der Waals surface area contributed by atoms with Crippen LogP contribution in [0.2, 0.25) is 5.02 Å². The van der Waals surface area contributed by atoms with Gasteiger partial charge < -0.3 is 20.1 Å². The van der Waals surface area contributed by atoms with E-state index in [1.54, 1.807) is 19.2 Å². The molecular formula is C13H17ClN2O3. The summed E-state index contributed by atoms with van der Waals surface area (Å²) >= 11 is 6.20. The molecule has 0 aliphatic carbocycles. The second-order valence-corrected chi connectivity index (χ2v) is 4.78. The van der Waals surface area contributed by atoms with Crippen LogP contribution in [0.15, 0.2) is 12.1 Å². The molecule has 1 aliphatic heterocycles. The number of halogens is 1. The number of rotatable bonds is 5. The Hall–Kier alpha value is -1.46. The molecule has 104 valence electrons. The molecule has 1 unspecified atom stereocenters. The van der Waals surface area contributed by atoms with Crippen LogP contribution in [0.3, 0.4) is 0 Å².